The smallest absolute Gasteiger partial charge is 0.335 e. The van der Waals surface area contributed by atoms with Gasteiger partial charge in [-0.05, 0) is 19.1 Å². The molecular formula is C9H10NO4-. The summed E-state index contributed by atoms with van der Waals surface area (Å²) in [5.74, 6) is -2.29. The fourth-order valence-electron chi connectivity index (χ4n) is 1.08. The molecule has 1 heterocycles. The number of carbonyl (C=O) groups excluding carboxylic acids is 2. The molecule has 0 bridgehead atoms. The zero-order valence-electron chi connectivity index (χ0n) is 7.67. The van der Waals surface area contributed by atoms with Gasteiger partial charge in [0.1, 0.15) is 0 Å². The molecule has 76 valence electrons. The molecule has 0 N–H and O–H groups in total. The SMILES string of the molecule is CCOC(=O)C(C(=O)[O-])n1cccc1. The number of nitrogens with zero attached hydrogens (tertiary/aromatic N) is 1. The van der Waals surface area contributed by atoms with Gasteiger partial charge in [0, 0.05) is 12.4 Å². The van der Waals surface area contributed by atoms with E-state index in [9.17, 15) is 14.7 Å². The maximum atomic E-state index is 11.2. The third-order valence-corrected chi connectivity index (χ3v) is 1.66. The Bertz CT molecular complexity index is 318. The van der Waals surface area contributed by atoms with Crippen LogP contribution in [-0.4, -0.2) is 23.1 Å². The van der Waals surface area contributed by atoms with Crippen molar-refractivity contribution in [2.24, 2.45) is 0 Å². The second-order valence-electron chi connectivity index (χ2n) is 2.60. The minimum atomic E-state index is -1.47. The largest absolute Gasteiger partial charge is 0.547 e. The summed E-state index contributed by atoms with van der Waals surface area (Å²) in [6.45, 7) is 1.75. The van der Waals surface area contributed by atoms with Gasteiger partial charge in [-0.2, -0.15) is 0 Å². The molecule has 0 amide bonds. The molecule has 0 saturated carbocycles. The maximum Gasteiger partial charge on any atom is 0.335 e. The van der Waals surface area contributed by atoms with E-state index in [0.29, 0.717) is 0 Å². The minimum absolute atomic E-state index is 0.143. The number of aliphatic carboxylic acids is 1. The second-order valence-corrected chi connectivity index (χ2v) is 2.60. The molecule has 0 aliphatic rings. The molecule has 1 rings (SSSR count). The first-order valence-corrected chi connectivity index (χ1v) is 4.16. The van der Waals surface area contributed by atoms with Crippen LogP contribution < -0.4 is 5.11 Å². The van der Waals surface area contributed by atoms with E-state index in [2.05, 4.69) is 4.74 Å². The van der Waals surface area contributed by atoms with Gasteiger partial charge in [0.2, 0.25) is 0 Å². The van der Waals surface area contributed by atoms with Crippen molar-refractivity contribution in [2.75, 3.05) is 6.61 Å². The lowest BCUT2D eigenvalue weighted by Gasteiger charge is -2.17. The number of hydrogen-bond donors (Lipinski definition) is 0. The Kier molecular flexibility index (Phi) is 3.28. The van der Waals surface area contributed by atoms with E-state index < -0.39 is 18.0 Å². The summed E-state index contributed by atoms with van der Waals surface area (Å²) >= 11 is 0. The van der Waals surface area contributed by atoms with E-state index in [1.165, 1.54) is 17.0 Å². The molecule has 0 aliphatic carbocycles. The van der Waals surface area contributed by atoms with Crippen LogP contribution in [0.1, 0.15) is 13.0 Å². The van der Waals surface area contributed by atoms with Gasteiger partial charge in [0.05, 0.1) is 12.6 Å². The van der Waals surface area contributed by atoms with E-state index in [0.717, 1.165) is 0 Å². The molecule has 0 saturated heterocycles. The molecule has 5 nitrogen and oxygen atoms in total. The maximum absolute atomic E-state index is 11.2. The van der Waals surface area contributed by atoms with Crippen LogP contribution in [0.25, 0.3) is 0 Å². The third kappa shape index (κ3) is 2.12. The van der Waals surface area contributed by atoms with Gasteiger partial charge in [0.25, 0.3) is 0 Å². The highest BCUT2D eigenvalue weighted by Gasteiger charge is 2.21. The predicted octanol–water partition coefficient (Wildman–Crippen LogP) is -0.658. The van der Waals surface area contributed by atoms with Crippen LogP contribution in [0, 0.1) is 0 Å². The van der Waals surface area contributed by atoms with E-state index >= 15 is 0 Å². The van der Waals surface area contributed by atoms with Crippen LogP contribution in [0.5, 0.6) is 0 Å². The van der Waals surface area contributed by atoms with Crippen LogP contribution in [0.2, 0.25) is 0 Å². The molecule has 1 unspecified atom stereocenters. The van der Waals surface area contributed by atoms with Crippen molar-refractivity contribution in [3.05, 3.63) is 24.5 Å². The van der Waals surface area contributed by atoms with Crippen molar-refractivity contribution >= 4 is 11.9 Å². The Morgan fingerprint density at radius 1 is 1.43 bits per heavy atom. The number of esters is 1. The van der Waals surface area contributed by atoms with Gasteiger partial charge in [-0.1, -0.05) is 0 Å². The highest BCUT2D eigenvalue weighted by atomic mass is 16.5. The summed E-state index contributed by atoms with van der Waals surface area (Å²) in [6.07, 6.45) is 2.94. The summed E-state index contributed by atoms with van der Waals surface area (Å²) in [5.41, 5.74) is 0. The van der Waals surface area contributed by atoms with E-state index in [1.807, 2.05) is 0 Å². The number of hydrogen-bond acceptors (Lipinski definition) is 4. The van der Waals surface area contributed by atoms with Gasteiger partial charge >= 0.3 is 5.97 Å². The molecule has 0 spiro atoms. The van der Waals surface area contributed by atoms with E-state index in [-0.39, 0.29) is 6.61 Å². The number of aromatic nitrogens is 1. The van der Waals surface area contributed by atoms with Crippen LogP contribution in [-0.2, 0) is 14.3 Å². The lowest BCUT2D eigenvalue weighted by atomic mass is 10.3. The first kappa shape index (κ1) is 10.3. The van der Waals surface area contributed by atoms with Gasteiger partial charge in [-0.15, -0.1) is 0 Å². The topological polar surface area (TPSA) is 71.4 Å². The van der Waals surface area contributed by atoms with Gasteiger partial charge in [-0.3, -0.25) is 0 Å². The molecule has 14 heavy (non-hydrogen) atoms. The average molecular weight is 196 g/mol. The van der Waals surface area contributed by atoms with E-state index in [1.54, 1.807) is 19.1 Å². The Morgan fingerprint density at radius 2 is 2.00 bits per heavy atom. The molecular weight excluding hydrogens is 186 g/mol. The van der Waals surface area contributed by atoms with Gasteiger partial charge < -0.3 is 19.2 Å². The number of carbonyl (C=O) groups is 2. The number of carboxylic acid groups (broad SMARTS) is 1. The number of ether oxygens (including phenoxy) is 1. The quantitative estimate of drug-likeness (QED) is 0.473. The van der Waals surface area contributed by atoms with Crippen molar-refractivity contribution in [3.63, 3.8) is 0 Å². The minimum Gasteiger partial charge on any atom is -0.547 e. The van der Waals surface area contributed by atoms with E-state index in [4.69, 9.17) is 0 Å². The first-order valence-electron chi connectivity index (χ1n) is 4.16. The van der Waals surface area contributed by atoms with Crippen LogP contribution in [0.15, 0.2) is 24.5 Å². The van der Waals surface area contributed by atoms with Crippen molar-refractivity contribution in [2.45, 2.75) is 13.0 Å². The fraction of sp³-hybridized carbons (Fsp3) is 0.333. The van der Waals surface area contributed by atoms with Gasteiger partial charge in [-0.25, -0.2) is 4.79 Å². The molecule has 1 aromatic heterocycles. The third-order valence-electron chi connectivity index (χ3n) is 1.66. The number of carboxylic acids is 1. The fourth-order valence-corrected chi connectivity index (χ4v) is 1.08. The second kappa shape index (κ2) is 4.45. The Labute approximate surface area is 80.9 Å². The van der Waals surface area contributed by atoms with Crippen molar-refractivity contribution < 1.29 is 19.4 Å². The molecule has 1 atom stereocenters. The number of rotatable bonds is 4. The normalized spacial score (nSPS) is 12.1. The molecule has 0 radical (unpaired) electrons. The Hall–Kier alpha value is -1.78. The molecule has 0 fully saturated rings. The summed E-state index contributed by atoms with van der Waals surface area (Å²) in [5, 5.41) is 10.7. The molecule has 0 aliphatic heterocycles. The summed E-state index contributed by atoms with van der Waals surface area (Å²) in [7, 11) is 0. The summed E-state index contributed by atoms with van der Waals surface area (Å²) in [4.78, 5) is 21.9. The molecule has 5 heteroatoms. The zero-order chi connectivity index (χ0) is 10.6. The van der Waals surface area contributed by atoms with Crippen molar-refractivity contribution in [3.8, 4) is 0 Å². The van der Waals surface area contributed by atoms with Crippen LogP contribution >= 0.6 is 0 Å². The highest BCUT2D eigenvalue weighted by molar-refractivity contribution is 5.95. The van der Waals surface area contributed by atoms with Crippen LogP contribution in [0.3, 0.4) is 0 Å². The monoisotopic (exact) mass is 196 g/mol. The molecule has 0 aromatic carbocycles. The Morgan fingerprint density at radius 3 is 2.43 bits per heavy atom. The summed E-state index contributed by atoms with van der Waals surface area (Å²) < 4.78 is 5.84. The summed E-state index contributed by atoms with van der Waals surface area (Å²) in [6, 6.07) is 1.84. The van der Waals surface area contributed by atoms with Gasteiger partial charge in [0.15, 0.2) is 6.04 Å². The van der Waals surface area contributed by atoms with Crippen molar-refractivity contribution in [1.29, 1.82) is 0 Å². The van der Waals surface area contributed by atoms with Crippen molar-refractivity contribution in [1.82, 2.24) is 4.57 Å². The lowest BCUT2D eigenvalue weighted by Crippen LogP contribution is -2.38. The standard InChI is InChI=1S/C9H11NO4/c1-2-14-9(13)7(8(11)12)10-5-3-4-6-10/h3-7H,2H2,1H3,(H,11,12)/p-1. The first-order chi connectivity index (χ1) is 6.66. The van der Waals surface area contributed by atoms with Crippen LogP contribution in [0.4, 0.5) is 0 Å². The predicted molar refractivity (Wildman–Crippen MR) is 45.1 cm³/mol. The Balaban J connectivity index is 2.85. The molecule has 1 aromatic rings. The highest BCUT2D eigenvalue weighted by Crippen LogP contribution is 2.08. The zero-order valence-corrected chi connectivity index (χ0v) is 7.67. The average Bonchev–Trinajstić information content (AvgIpc) is 2.57. The lowest BCUT2D eigenvalue weighted by molar-refractivity contribution is -0.309.